The molecule has 248 valence electrons. The number of fused-ring (bicyclic) bond motifs is 2. The van der Waals surface area contributed by atoms with Crippen molar-refractivity contribution < 1.29 is 23.2 Å². The van der Waals surface area contributed by atoms with E-state index in [2.05, 4.69) is 20.6 Å². The molecule has 8 aromatic rings. The standard InChI is InChI=1S/C38H22N4O7S2/c43-33(41-37-39-29(19-50-37)27-17-23-5-1-3-7-31(23)48-35(27)45)21-9-13-25(14-10-21)47-26-15-11-22(12-16-26)34(44)42-38-40-30(20-51-38)28-18-24-6-2-4-8-32(24)49-36(28)46/h1-20H,(H,39,41,43)(H,40,42,44). The topological polar surface area (TPSA) is 154 Å². The number of anilines is 2. The van der Waals surface area contributed by atoms with Crippen LogP contribution in [-0.4, -0.2) is 21.8 Å². The van der Waals surface area contributed by atoms with Gasteiger partial charge in [-0.25, -0.2) is 19.6 Å². The minimum atomic E-state index is -0.509. The van der Waals surface area contributed by atoms with Crippen LogP contribution in [0.5, 0.6) is 11.5 Å². The number of carbonyl (C=O) groups is 2. The van der Waals surface area contributed by atoms with E-state index in [1.54, 1.807) is 95.7 Å². The molecule has 0 unspecified atom stereocenters. The molecule has 0 atom stereocenters. The van der Waals surface area contributed by atoms with Crippen LogP contribution in [-0.2, 0) is 0 Å². The molecular weight excluding hydrogens is 689 g/mol. The first-order chi connectivity index (χ1) is 24.9. The Balaban J connectivity index is 0.875. The van der Waals surface area contributed by atoms with E-state index in [9.17, 15) is 19.2 Å². The number of thiazole rings is 2. The normalized spacial score (nSPS) is 11.1. The molecule has 2 N–H and O–H groups in total. The summed E-state index contributed by atoms with van der Waals surface area (Å²) in [6.07, 6.45) is 0. The molecule has 0 bridgehead atoms. The van der Waals surface area contributed by atoms with Crippen molar-refractivity contribution in [3.05, 3.63) is 152 Å². The number of ether oxygens (including phenoxy) is 1. The van der Waals surface area contributed by atoms with Crippen LogP contribution in [0.2, 0.25) is 0 Å². The minimum absolute atomic E-state index is 0.309. The molecule has 0 saturated heterocycles. The number of hydrogen-bond acceptors (Lipinski definition) is 11. The van der Waals surface area contributed by atoms with Gasteiger partial charge >= 0.3 is 11.3 Å². The van der Waals surface area contributed by atoms with Crippen molar-refractivity contribution in [3.8, 4) is 34.0 Å². The van der Waals surface area contributed by atoms with E-state index in [1.165, 1.54) is 22.7 Å². The number of amides is 2. The fourth-order valence-corrected chi connectivity index (χ4v) is 6.63. The fraction of sp³-hybridized carbons (Fsp3) is 0. The summed E-state index contributed by atoms with van der Waals surface area (Å²) in [4.78, 5) is 59.7. The smallest absolute Gasteiger partial charge is 0.345 e. The second-order valence-electron chi connectivity index (χ2n) is 11.1. The predicted octanol–water partition coefficient (Wildman–Crippen LogP) is 8.44. The summed E-state index contributed by atoms with van der Waals surface area (Å²) < 4.78 is 16.7. The number of nitrogens with one attached hydrogen (secondary N) is 2. The van der Waals surface area contributed by atoms with Crippen molar-refractivity contribution in [2.24, 2.45) is 0 Å². The zero-order chi connectivity index (χ0) is 34.9. The van der Waals surface area contributed by atoms with Crippen molar-refractivity contribution in [3.63, 3.8) is 0 Å². The maximum atomic E-state index is 12.9. The molecule has 0 saturated carbocycles. The molecule has 4 aromatic carbocycles. The SMILES string of the molecule is O=C(Nc1nc(-c2cc3ccccc3oc2=O)cs1)c1ccc(Oc2ccc(C(=O)Nc3nc(-c4cc5ccccc5oc4=O)cs3)cc2)cc1. The molecule has 4 aromatic heterocycles. The molecule has 8 rings (SSSR count). The van der Waals surface area contributed by atoms with Crippen LogP contribution in [0, 0.1) is 0 Å². The third kappa shape index (κ3) is 6.66. The summed E-state index contributed by atoms with van der Waals surface area (Å²) in [6.45, 7) is 0. The third-order valence-electron chi connectivity index (χ3n) is 7.75. The molecule has 51 heavy (non-hydrogen) atoms. The van der Waals surface area contributed by atoms with E-state index in [4.69, 9.17) is 13.6 Å². The predicted molar refractivity (Wildman–Crippen MR) is 196 cm³/mol. The van der Waals surface area contributed by atoms with Crippen molar-refractivity contribution >= 4 is 66.7 Å². The summed E-state index contributed by atoms with van der Waals surface area (Å²) in [6, 6.07) is 30.9. The second-order valence-corrected chi connectivity index (χ2v) is 12.8. The Labute approximate surface area is 295 Å². The van der Waals surface area contributed by atoms with Gasteiger partial charge in [-0.3, -0.25) is 20.2 Å². The van der Waals surface area contributed by atoms with Crippen molar-refractivity contribution in [1.82, 2.24) is 9.97 Å². The lowest BCUT2D eigenvalue weighted by atomic mass is 10.1. The molecule has 0 aliphatic heterocycles. The van der Waals surface area contributed by atoms with Crippen LogP contribution in [0.15, 0.2) is 138 Å². The maximum absolute atomic E-state index is 12.9. The minimum Gasteiger partial charge on any atom is -0.457 e. The summed E-state index contributed by atoms with van der Waals surface area (Å²) in [5.74, 6) is 0.210. The Morgan fingerprint density at radius 2 is 0.980 bits per heavy atom. The highest BCUT2D eigenvalue weighted by Gasteiger charge is 2.16. The van der Waals surface area contributed by atoms with Gasteiger partial charge in [0.15, 0.2) is 10.3 Å². The number of benzene rings is 4. The van der Waals surface area contributed by atoms with Crippen LogP contribution in [0.4, 0.5) is 10.3 Å². The molecule has 0 aliphatic rings. The van der Waals surface area contributed by atoms with Gasteiger partial charge in [0.05, 0.1) is 22.5 Å². The zero-order valence-electron chi connectivity index (χ0n) is 26.1. The van der Waals surface area contributed by atoms with Gasteiger partial charge in [-0.15, -0.1) is 22.7 Å². The fourth-order valence-electron chi connectivity index (χ4n) is 5.21. The number of hydrogen-bond donors (Lipinski definition) is 2. The van der Waals surface area contributed by atoms with Gasteiger partial charge in [0.25, 0.3) is 11.8 Å². The average Bonchev–Trinajstić information content (AvgIpc) is 3.81. The first kappa shape index (κ1) is 31.6. The lowest BCUT2D eigenvalue weighted by Crippen LogP contribution is -2.12. The third-order valence-corrected chi connectivity index (χ3v) is 9.27. The Morgan fingerprint density at radius 3 is 1.41 bits per heavy atom. The number of aromatic nitrogens is 2. The Bertz CT molecular complexity index is 2530. The summed E-state index contributed by atoms with van der Waals surface area (Å²) >= 11 is 2.39. The molecule has 0 radical (unpaired) electrons. The zero-order valence-corrected chi connectivity index (χ0v) is 27.7. The summed E-state index contributed by atoms with van der Waals surface area (Å²) in [5.41, 5.74) is 2.15. The van der Waals surface area contributed by atoms with Gasteiger partial charge in [-0.05, 0) is 72.8 Å². The highest BCUT2D eigenvalue weighted by Crippen LogP contribution is 2.28. The molecular formula is C38H22N4O7S2. The molecule has 0 aliphatic carbocycles. The Hall–Kier alpha value is -6.70. The van der Waals surface area contributed by atoms with Crippen LogP contribution in [0.1, 0.15) is 20.7 Å². The number of carbonyl (C=O) groups excluding carboxylic acids is 2. The molecule has 2 amide bonds. The van der Waals surface area contributed by atoms with Gasteiger partial charge in [-0.1, -0.05) is 36.4 Å². The van der Waals surface area contributed by atoms with E-state index in [0.717, 1.165) is 10.8 Å². The molecule has 11 nitrogen and oxygen atoms in total. The van der Waals surface area contributed by atoms with Gasteiger partial charge in [-0.2, -0.15) is 0 Å². The number of para-hydroxylation sites is 2. The molecule has 0 spiro atoms. The lowest BCUT2D eigenvalue weighted by molar-refractivity contribution is 0.101. The van der Waals surface area contributed by atoms with Gasteiger partial charge in [0.1, 0.15) is 22.7 Å². The largest absolute Gasteiger partial charge is 0.457 e. The van der Waals surface area contributed by atoms with E-state index in [0.29, 0.717) is 66.6 Å². The van der Waals surface area contributed by atoms with Gasteiger partial charge in [0, 0.05) is 32.7 Å². The van der Waals surface area contributed by atoms with Crippen molar-refractivity contribution in [2.75, 3.05) is 10.6 Å². The molecule has 0 fully saturated rings. The highest BCUT2D eigenvalue weighted by atomic mass is 32.1. The van der Waals surface area contributed by atoms with Crippen molar-refractivity contribution in [2.45, 2.75) is 0 Å². The molecule has 4 heterocycles. The van der Waals surface area contributed by atoms with Crippen LogP contribution in [0.25, 0.3) is 44.5 Å². The lowest BCUT2D eigenvalue weighted by Gasteiger charge is -2.08. The summed E-state index contributed by atoms with van der Waals surface area (Å²) in [5, 5.41) is 11.1. The van der Waals surface area contributed by atoms with Crippen LogP contribution >= 0.6 is 22.7 Å². The van der Waals surface area contributed by atoms with Crippen LogP contribution < -0.4 is 26.6 Å². The second kappa shape index (κ2) is 13.3. The van der Waals surface area contributed by atoms with Gasteiger partial charge < -0.3 is 13.6 Å². The first-order valence-electron chi connectivity index (χ1n) is 15.3. The van der Waals surface area contributed by atoms with Crippen LogP contribution in [0.3, 0.4) is 0 Å². The maximum Gasteiger partial charge on any atom is 0.345 e. The van der Waals surface area contributed by atoms with E-state index in [-0.39, 0.29) is 11.8 Å². The van der Waals surface area contributed by atoms with E-state index < -0.39 is 11.3 Å². The Kier molecular flexibility index (Phi) is 8.24. The quantitative estimate of drug-likeness (QED) is 0.148. The monoisotopic (exact) mass is 710 g/mol. The van der Waals surface area contributed by atoms with E-state index in [1.807, 2.05) is 24.3 Å². The summed E-state index contributed by atoms with van der Waals surface area (Å²) in [7, 11) is 0. The Morgan fingerprint density at radius 1 is 0.569 bits per heavy atom. The first-order valence-corrected chi connectivity index (χ1v) is 17.1. The van der Waals surface area contributed by atoms with Gasteiger partial charge in [0.2, 0.25) is 0 Å². The van der Waals surface area contributed by atoms with E-state index >= 15 is 0 Å². The number of nitrogens with zero attached hydrogens (tertiary/aromatic N) is 2. The van der Waals surface area contributed by atoms with Crippen molar-refractivity contribution in [1.29, 1.82) is 0 Å². The molecule has 13 heteroatoms. The number of rotatable bonds is 8. The average molecular weight is 711 g/mol. The highest BCUT2D eigenvalue weighted by molar-refractivity contribution is 7.14.